The SMILES string of the molecule is O=C(O)c1coc(C(=O)Nc2ccc(F)c(Cl)c2)c1. The molecule has 1 aromatic carbocycles. The smallest absolute Gasteiger partial charge is 0.338 e. The first-order valence-electron chi connectivity index (χ1n) is 5.05. The third kappa shape index (κ3) is 2.92. The van der Waals surface area contributed by atoms with Gasteiger partial charge in [0.2, 0.25) is 0 Å². The Morgan fingerprint density at radius 2 is 2.05 bits per heavy atom. The van der Waals surface area contributed by atoms with Crippen LogP contribution in [-0.4, -0.2) is 17.0 Å². The Labute approximate surface area is 111 Å². The van der Waals surface area contributed by atoms with Crippen LogP contribution in [0.1, 0.15) is 20.9 Å². The standard InChI is InChI=1S/C12H7ClFNO4/c13-8-4-7(1-2-9(8)14)15-11(16)10-3-6(5-19-10)12(17)18/h1-5H,(H,15,16)(H,17,18). The largest absolute Gasteiger partial charge is 0.478 e. The third-order valence-electron chi connectivity index (χ3n) is 2.25. The number of anilines is 1. The minimum atomic E-state index is -1.20. The van der Waals surface area contributed by atoms with E-state index in [0.717, 1.165) is 18.4 Å². The van der Waals surface area contributed by atoms with Gasteiger partial charge in [0, 0.05) is 11.8 Å². The third-order valence-corrected chi connectivity index (χ3v) is 2.54. The maximum atomic E-state index is 12.9. The second-order valence-electron chi connectivity index (χ2n) is 3.59. The average molecular weight is 284 g/mol. The van der Waals surface area contributed by atoms with Crippen molar-refractivity contribution in [3.8, 4) is 0 Å². The summed E-state index contributed by atoms with van der Waals surface area (Å²) >= 11 is 5.56. The molecule has 0 unspecified atom stereocenters. The summed E-state index contributed by atoms with van der Waals surface area (Å²) < 4.78 is 17.7. The van der Waals surface area contributed by atoms with Crippen LogP contribution in [0.15, 0.2) is 34.9 Å². The lowest BCUT2D eigenvalue weighted by atomic mass is 10.3. The van der Waals surface area contributed by atoms with E-state index in [2.05, 4.69) is 5.32 Å². The topological polar surface area (TPSA) is 79.5 Å². The van der Waals surface area contributed by atoms with Crippen molar-refractivity contribution in [2.45, 2.75) is 0 Å². The number of aromatic carboxylic acids is 1. The van der Waals surface area contributed by atoms with E-state index in [1.807, 2.05) is 0 Å². The normalized spacial score (nSPS) is 10.2. The van der Waals surface area contributed by atoms with E-state index in [0.29, 0.717) is 0 Å². The summed E-state index contributed by atoms with van der Waals surface area (Å²) in [6.07, 6.45) is 0.953. The zero-order valence-electron chi connectivity index (χ0n) is 9.31. The number of carboxylic acids is 1. The molecule has 2 rings (SSSR count). The average Bonchev–Trinajstić information content (AvgIpc) is 2.83. The van der Waals surface area contributed by atoms with Gasteiger partial charge >= 0.3 is 5.97 Å². The molecule has 0 saturated heterocycles. The van der Waals surface area contributed by atoms with Crippen molar-refractivity contribution in [2.75, 3.05) is 5.32 Å². The van der Waals surface area contributed by atoms with Crippen LogP contribution in [0.2, 0.25) is 5.02 Å². The van der Waals surface area contributed by atoms with Gasteiger partial charge in [-0.15, -0.1) is 0 Å². The molecular weight excluding hydrogens is 277 g/mol. The van der Waals surface area contributed by atoms with Gasteiger partial charge in [-0.3, -0.25) is 4.79 Å². The number of rotatable bonds is 3. The van der Waals surface area contributed by atoms with Gasteiger partial charge in [-0.2, -0.15) is 0 Å². The summed E-state index contributed by atoms with van der Waals surface area (Å²) in [6.45, 7) is 0. The molecule has 2 N–H and O–H groups in total. The summed E-state index contributed by atoms with van der Waals surface area (Å²) in [7, 11) is 0. The first-order chi connectivity index (χ1) is 8.97. The monoisotopic (exact) mass is 283 g/mol. The van der Waals surface area contributed by atoms with E-state index < -0.39 is 17.7 Å². The molecule has 7 heteroatoms. The van der Waals surface area contributed by atoms with Gasteiger partial charge in [-0.1, -0.05) is 11.6 Å². The first kappa shape index (κ1) is 13.1. The number of amides is 1. The van der Waals surface area contributed by atoms with Gasteiger partial charge in [0.1, 0.15) is 12.1 Å². The van der Waals surface area contributed by atoms with Gasteiger partial charge in [0.15, 0.2) is 5.76 Å². The van der Waals surface area contributed by atoms with Crippen LogP contribution < -0.4 is 5.32 Å². The molecule has 5 nitrogen and oxygen atoms in total. The molecular formula is C12H7ClFNO4. The zero-order chi connectivity index (χ0) is 14.0. The highest BCUT2D eigenvalue weighted by molar-refractivity contribution is 6.31. The lowest BCUT2D eigenvalue weighted by molar-refractivity contribution is 0.0696. The van der Waals surface area contributed by atoms with Gasteiger partial charge in [-0.25, -0.2) is 9.18 Å². The number of hydrogen-bond acceptors (Lipinski definition) is 3. The van der Waals surface area contributed by atoms with Crippen LogP contribution in [0, 0.1) is 5.82 Å². The number of hydrogen-bond donors (Lipinski definition) is 2. The molecule has 0 saturated carbocycles. The molecule has 1 amide bonds. The molecule has 0 aliphatic carbocycles. The van der Waals surface area contributed by atoms with Gasteiger partial charge in [-0.05, 0) is 18.2 Å². The van der Waals surface area contributed by atoms with E-state index in [1.54, 1.807) is 0 Å². The fraction of sp³-hybridized carbons (Fsp3) is 0. The Morgan fingerprint density at radius 1 is 1.32 bits per heavy atom. The van der Waals surface area contributed by atoms with Crippen molar-refractivity contribution in [1.29, 1.82) is 0 Å². The maximum absolute atomic E-state index is 12.9. The molecule has 0 spiro atoms. The first-order valence-corrected chi connectivity index (χ1v) is 5.43. The molecule has 0 atom stereocenters. The van der Waals surface area contributed by atoms with Crippen LogP contribution in [0.5, 0.6) is 0 Å². The van der Waals surface area contributed by atoms with Crippen molar-refractivity contribution in [1.82, 2.24) is 0 Å². The van der Waals surface area contributed by atoms with Crippen LogP contribution in [-0.2, 0) is 0 Å². The van der Waals surface area contributed by atoms with Crippen LogP contribution in [0.4, 0.5) is 10.1 Å². The summed E-state index contributed by atoms with van der Waals surface area (Å²) in [4.78, 5) is 22.3. The fourth-order valence-electron chi connectivity index (χ4n) is 1.33. The molecule has 0 fully saturated rings. The lowest BCUT2D eigenvalue weighted by Crippen LogP contribution is -2.11. The number of carbonyl (C=O) groups is 2. The van der Waals surface area contributed by atoms with Crippen molar-refractivity contribution < 1.29 is 23.5 Å². The number of carboxylic acid groups (broad SMARTS) is 1. The quantitative estimate of drug-likeness (QED) is 0.907. The summed E-state index contributed by atoms with van der Waals surface area (Å²) in [5.41, 5.74) is 0.131. The molecule has 0 aliphatic heterocycles. The molecule has 2 aromatic rings. The minimum absolute atomic E-state index is 0.136. The molecule has 98 valence electrons. The molecule has 0 bridgehead atoms. The molecule has 0 radical (unpaired) electrons. The number of halogens is 2. The van der Waals surface area contributed by atoms with Crippen LogP contribution in [0.25, 0.3) is 0 Å². The van der Waals surface area contributed by atoms with E-state index in [1.165, 1.54) is 12.1 Å². The Balaban J connectivity index is 2.15. The Hall–Kier alpha value is -2.34. The molecule has 1 heterocycles. The van der Waals surface area contributed by atoms with Gasteiger partial charge < -0.3 is 14.8 Å². The van der Waals surface area contributed by atoms with Crippen molar-refractivity contribution in [3.63, 3.8) is 0 Å². The highest BCUT2D eigenvalue weighted by Crippen LogP contribution is 2.20. The highest BCUT2D eigenvalue weighted by atomic mass is 35.5. The van der Waals surface area contributed by atoms with E-state index in [-0.39, 0.29) is 22.0 Å². The second-order valence-corrected chi connectivity index (χ2v) is 3.99. The van der Waals surface area contributed by atoms with Crippen molar-refractivity contribution in [2.24, 2.45) is 0 Å². The predicted octanol–water partition coefficient (Wildman–Crippen LogP) is 3.02. The van der Waals surface area contributed by atoms with Crippen LogP contribution in [0.3, 0.4) is 0 Å². The Morgan fingerprint density at radius 3 is 2.63 bits per heavy atom. The second kappa shape index (κ2) is 5.11. The highest BCUT2D eigenvalue weighted by Gasteiger charge is 2.15. The van der Waals surface area contributed by atoms with Crippen molar-refractivity contribution >= 4 is 29.2 Å². The lowest BCUT2D eigenvalue weighted by Gasteiger charge is -2.03. The van der Waals surface area contributed by atoms with Gasteiger partial charge in [0.05, 0.1) is 10.6 Å². The summed E-state index contributed by atoms with van der Waals surface area (Å²) in [5.74, 6) is -2.63. The fourth-order valence-corrected chi connectivity index (χ4v) is 1.51. The molecule has 19 heavy (non-hydrogen) atoms. The zero-order valence-corrected chi connectivity index (χ0v) is 10.1. The molecule has 1 aromatic heterocycles. The van der Waals surface area contributed by atoms with Crippen molar-refractivity contribution in [3.05, 3.63) is 52.7 Å². The van der Waals surface area contributed by atoms with Crippen LogP contribution >= 0.6 is 11.6 Å². The minimum Gasteiger partial charge on any atom is -0.478 e. The summed E-state index contributed by atoms with van der Waals surface area (Å²) in [6, 6.07) is 4.74. The Bertz CT molecular complexity index is 653. The number of benzene rings is 1. The van der Waals surface area contributed by atoms with E-state index in [9.17, 15) is 14.0 Å². The number of nitrogens with one attached hydrogen (secondary N) is 1. The van der Waals surface area contributed by atoms with E-state index >= 15 is 0 Å². The number of carbonyl (C=O) groups excluding carboxylic acids is 1. The summed E-state index contributed by atoms with van der Waals surface area (Å²) in [5, 5.41) is 11.0. The molecule has 0 aliphatic rings. The van der Waals surface area contributed by atoms with Gasteiger partial charge in [0.25, 0.3) is 5.91 Å². The Kier molecular flexibility index (Phi) is 3.52. The van der Waals surface area contributed by atoms with E-state index in [4.69, 9.17) is 21.1 Å². The maximum Gasteiger partial charge on any atom is 0.338 e. The number of furan rings is 1. The predicted molar refractivity (Wildman–Crippen MR) is 65.0 cm³/mol.